The van der Waals surface area contributed by atoms with Gasteiger partial charge in [0.1, 0.15) is 23.6 Å². The van der Waals surface area contributed by atoms with E-state index in [0.29, 0.717) is 31.8 Å². The number of nitriles is 1. The maximum atomic E-state index is 13.8. The topological polar surface area (TPSA) is 65.8 Å². The minimum Gasteiger partial charge on any atom is -0.443 e. The molecule has 27 heavy (non-hydrogen) atoms. The van der Waals surface area contributed by atoms with Crippen LogP contribution in [-0.4, -0.2) is 47.7 Å². The van der Waals surface area contributed by atoms with Crippen LogP contribution in [0.25, 0.3) is 0 Å². The van der Waals surface area contributed by atoms with E-state index in [1.807, 2.05) is 26.8 Å². The molecule has 2 aliphatic heterocycles. The first kappa shape index (κ1) is 19.2. The van der Waals surface area contributed by atoms with Crippen molar-refractivity contribution in [2.45, 2.75) is 39.4 Å². The molecule has 0 spiro atoms. The maximum absolute atomic E-state index is 13.8. The average molecular weight is 373 g/mol. The zero-order valence-electron chi connectivity index (χ0n) is 16.1. The lowest BCUT2D eigenvalue weighted by atomic mass is 9.97. The summed E-state index contributed by atoms with van der Waals surface area (Å²) in [5.41, 5.74) is 1.86. The SMILES string of the molecule is Cc1c([C@H]2CN3CCN(C(=O)OC(C)(C)C)C=C3CO2)ccc(F)c1C#N. The van der Waals surface area contributed by atoms with Crippen molar-refractivity contribution < 1.29 is 18.7 Å². The number of carbonyl (C=O) groups excluding carboxylic acids is 1. The number of hydrogen-bond acceptors (Lipinski definition) is 5. The minimum atomic E-state index is -0.542. The van der Waals surface area contributed by atoms with Gasteiger partial charge in [0.05, 0.1) is 17.9 Å². The fourth-order valence-corrected chi connectivity index (χ4v) is 3.31. The Labute approximate surface area is 158 Å². The molecule has 1 amide bonds. The molecule has 0 radical (unpaired) electrons. The molecule has 1 aromatic rings. The molecular weight excluding hydrogens is 349 g/mol. The summed E-state index contributed by atoms with van der Waals surface area (Å²) in [6.07, 6.45) is 1.15. The van der Waals surface area contributed by atoms with Crippen LogP contribution in [0.5, 0.6) is 0 Å². The molecule has 6 nitrogen and oxygen atoms in total. The monoisotopic (exact) mass is 373 g/mol. The summed E-state index contributed by atoms with van der Waals surface area (Å²) >= 11 is 0. The van der Waals surface area contributed by atoms with Crippen molar-refractivity contribution in [3.05, 3.63) is 46.5 Å². The predicted molar refractivity (Wildman–Crippen MR) is 97.1 cm³/mol. The number of hydrogen-bond donors (Lipinski definition) is 0. The van der Waals surface area contributed by atoms with Crippen LogP contribution in [0, 0.1) is 24.1 Å². The molecule has 2 aliphatic rings. The fourth-order valence-electron chi connectivity index (χ4n) is 3.31. The van der Waals surface area contributed by atoms with Crippen LogP contribution < -0.4 is 0 Å². The van der Waals surface area contributed by atoms with Crippen molar-refractivity contribution >= 4 is 6.09 Å². The quantitative estimate of drug-likeness (QED) is 0.754. The van der Waals surface area contributed by atoms with Gasteiger partial charge < -0.3 is 14.4 Å². The molecule has 1 saturated heterocycles. The van der Waals surface area contributed by atoms with Crippen LogP contribution in [0.15, 0.2) is 24.0 Å². The van der Waals surface area contributed by atoms with Gasteiger partial charge >= 0.3 is 6.09 Å². The van der Waals surface area contributed by atoms with Gasteiger partial charge in [-0.3, -0.25) is 4.90 Å². The first-order valence-electron chi connectivity index (χ1n) is 8.95. The normalized spacial score (nSPS) is 19.9. The number of ether oxygens (including phenoxy) is 2. The summed E-state index contributed by atoms with van der Waals surface area (Å²) in [5, 5.41) is 9.17. The van der Waals surface area contributed by atoms with Crippen molar-refractivity contribution in [3.63, 3.8) is 0 Å². The highest BCUT2D eigenvalue weighted by molar-refractivity contribution is 5.69. The van der Waals surface area contributed by atoms with E-state index < -0.39 is 11.4 Å². The van der Waals surface area contributed by atoms with Crippen LogP contribution >= 0.6 is 0 Å². The van der Waals surface area contributed by atoms with Crippen molar-refractivity contribution in [2.75, 3.05) is 26.2 Å². The Bertz CT molecular complexity index is 823. The predicted octanol–water partition coefficient (Wildman–Crippen LogP) is 3.47. The van der Waals surface area contributed by atoms with E-state index in [1.165, 1.54) is 6.07 Å². The van der Waals surface area contributed by atoms with E-state index in [0.717, 1.165) is 11.3 Å². The van der Waals surface area contributed by atoms with Crippen LogP contribution in [-0.2, 0) is 9.47 Å². The van der Waals surface area contributed by atoms with Crippen molar-refractivity contribution in [1.29, 1.82) is 5.26 Å². The van der Waals surface area contributed by atoms with Gasteiger partial charge in [0.15, 0.2) is 0 Å². The Morgan fingerprint density at radius 3 is 2.78 bits per heavy atom. The van der Waals surface area contributed by atoms with Crippen LogP contribution in [0.4, 0.5) is 9.18 Å². The number of halogens is 1. The van der Waals surface area contributed by atoms with Crippen LogP contribution in [0.2, 0.25) is 0 Å². The molecule has 1 atom stereocenters. The van der Waals surface area contributed by atoms with Gasteiger partial charge in [-0.05, 0) is 44.9 Å². The number of nitrogens with zero attached hydrogens (tertiary/aromatic N) is 3. The van der Waals surface area contributed by atoms with E-state index in [2.05, 4.69) is 4.90 Å². The summed E-state index contributed by atoms with van der Waals surface area (Å²) in [6.45, 7) is 9.36. The van der Waals surface area contributed by atoms with Gasteiger partial charge in [0.25, 0.3) is 0 Å². The summed E-state index contributed by atoms with van der Waals surface area (Å²) in [4.78, 5) is 16.0. The van der Waals surface area contributed by atoms with Crippen molar-refractivity contribution in [3.8, 4) is 6.07 Å². The molecule has 2 heterocycles. The Hall–Kier alpha value is -2.59. The molecule has 0 bridgehead atoms. The molecule has 0 unspecified atom stereocenters. The third-order valence-corrected chi connectivity index (χ3v) is 4.68. The Kier molecular flexibility index (Phi) is 5.11. The highest BCUT2D eigenvalue weighted by atomic mass is 19.1. The average Bonchev–Trinajstić information content (AvgIpc) is 2.60. The maximum Gasteiger partial charge on any atom is 0.414 e. The lowest BCUT2D eigenvalue weighted by Gasteiger charge is -2.41. The third-order valence-electron chi connectivity index (χ3n) is 4.68. The van der Waals surface area contributed by atoms with E-state index in [4.69, 9.17) is 9.47 Å². The van der Waals surface area contributed by atoms with Crippen molar-refractivity contribution in [2.24, 2.45) is 0 Å². The van der Waals surface area contributed by atoms with Gasteiger partial charge in [-0.1, -0.05) is 6.07 Å². The summed E-state index contributed by atoms with van der Waals surface area (Å²) < 4.78 is 25.1. The number of benzene rings is 1. The van der Waals surface area contributed by atoms with E-state index in [1.54, 1.807) is 24.1 Å². The Morgan fingerprint density at radius 1 is 1.37 bits per heavy atom. The molecule has 0 aliphatic carbocycles. The lowest BCUT2D eigenvalue weighted by molar-refractivity contribution is -0.0143. The van der Waals surface area contributed by atoms with E-state index in [9.17, 15) is 14.4 Å². The second kappa shape index (κ2) is 7.20. The first-order chi connectivity index (χ1) is 12.7. The lowest BCUT2D eigenvalue weighted by Crippen LogP contribution is -2.47. The molecule has 7 heteroatoms. The van der Waals surface area contributed by atoms with Gasteiger partial charge in [-0.15, -0.1) is 0 Å². The number of amides is 1. The van der Waals surface area contributed by atoms with Gasteiger partial charge in [0.2, 0.25) is 0 Å². The number of morpholine rings is 1. The molecular formula is C20H24FN3O3. The van der Waals surface area contributed by atoms with Crippen LogP contribution in [0.1, 0.15) is 43.6 Å². The molecule has 144 valence electrons. The number of carbonyl (C=O) groups is 1. The minimum absolute atomic E-state index is 0.0622. The second-order valence-corrected chi connectivity index (χ2v) is 7.79. The highest BCUT2D eigenvalue weighted by Crippen LogP contribution is 2.32. The highest BCUT2D eigenvalue weighted by Gasteiger charge is 2.32. The molecule has 0 aromatic heterocycles. The largest absolute Gasteiger partial charge is 0.443 e. The standard InChI is InChI=1S/C20H24FN3O3/c1-13-15(5-6-17(21)16(13)9-22)18-11-23-7-8-24(10-14(23)12-26-18)19(25)27-20(2,3)4/h5-6,10,18H,7-8,11-12H2,1-4H3/t18-/m1/s1. The second-order valence-electron chi connectivity index (χ2n) is 7.79. The summed E-state index contributed by atoms with van der Waals surface area (Å²) in [6, 6.07) is 4.92. The Morgan fingerprint density at radius 2 is 2.11 bits per heavy atom. The molecule has 0 saturated carbocycles. The number of fused-ring (bicyclic) bond motifs is 1. The molecule has 3 rings (SSSR count). The van der Waals surface area contributed by atoms with Gasteiger partial charge in [0, 0.05) is 25.8 Å². The molecule has 1 aromatic carbocycles. The molecule has 1 fully saturated rings. The smallest absolute Gasteiger partial charge is 0.414 e. The first-order valence-corrected chi connectivity index (χ1v) is 8.95. The van der Waals surface area contributed by atoms with Gasteiger partial charge in [-0.25, -0.2) is 9.18 Å². The third kappa shape index (κ3) is 4.06. The Balaban J connectivity index is 1.74. The number of rotatable bonds is 1. The zero-order valence-corrected chi connectivity index (χ0v) is 16.1. The summed E-state index contributed by atoms with van der Waals surface area (Å²) in [7, 11) is 0. The van der Waals surface area contributed by atoms with E-state index in [-0.39, 0.29) is 17.8 Å². The summed E-state index contributed by atoms with van der Waals surface area (Å²) in [5.74, 6) is -0.513. The molecule has 0 N–H and O–H groups in total. The van der Waals surface area contributed by atoms with Crippen molar-refractivity contribution in [1.82, 2.24) is 9.80 Å². The van der Waals surface area contributed by atoms with Crippen LogP contribution in [0.3, 0.4) is 0 Å². The zero-order chi connectivity index (χ0) is 19.8. The van der Waals surface area contributed by atoms with Gasteiger partial charge in [-0.2, -0.15) is 5.26 Å². The fraction of sp³-hybridized carbons (Fsp3) is 0.500. The van der Waals surface area contributed by atoms with E-state index >= 15 is 0 Å².